The summed E-state index contributed by atoms with van der Waals surface area (Å²) in [6.45, 7) is 2.18. The summed E-state index contributed by atoms with van der Waals surface area (Å²) in [6.07, 6.45) is 2.92. The number of carboxylic acids is 1. The number of hydrogen-bond donors (Lipinski definition) is 2. The maximum Gasteiger partial charge on any atom is 0.371 e. The highest BCUT2D eigenvalue weighted by Gasteiger charge is 2.38. The summed E-state index contributed by atoms with van der Waals surface area (Å²) in [5.74, 6) is -0.742. The van der Waals surface area contributed by atoms with Crippen LogP contribution >= 0.6 is 0 Å². The molecule has 0 unspecified atom stereocenters. The van der Waals surface area contributed by atoms with Gasteiger partial charge in [-0.1, -0.05) is 13.3 Å². The standard InChI is InChI=1S/C12H15NO4/c1-12(5-2-6-12)11(16)13-7-8-3-4-9(17-8)10(14)15/h3-4H,2,5-7H2,1H3,(H,13,16)(H,14,15). The lowest BCUT2D eigenvalue weighted by molar-refractivity contribution is -0.134. The topological polar surface area (TPSA) is 79.5 Å². The van der Waals surface area contributed by atoms with Crippen LogP contribution in [0.5, 0.6) is 0 Å². The lowest BCUT2D eigenvalue weighted by Crippen LogP contribution is -2.43. The maximum atomic E-state index is 11.8. The molecule has 5 nitrogen and oxygen atoms in total. The number of hydrogen-bond acceptors (Lipinski definition) is 3. The first kappa shape index (κ1) is 11.7. The van der Waals surface area contributed by atoms with E-state index in [1.54, 1.807) is 6.07 Å². The van der Waals surface area contributed by atoms with E-state index in [4.69, 9.17) is 9.52 Å². The van der Waals surface area contributed by atoms with Crippen LogP contribution in [0.2, 0.25) is 0 Å². The predicted molar refractivity (Wildman–Crippen MR) is 59.5 cm³/mol. The van der Waals surface area contributed by atoms with E-state index in [-0.39, 0.29) is 23.6 Å². The Hall–Kier alpha value is -1.78. The molecule has 0 aromatic carbocycles. The largest absolute Gasteiger partial charge is 0.475 e. The summed E-state index contributed by atoms with van der Waals surface area (Å²) in [5, 5.41) is 11.4. The first-order valence-corrected chi connectivity index (χ1v) is 5.62. The van der Waals surface area contributed by atoms with Crippen molar-refractivity contribution in [1.82, 2.24) is 5.32 Å². The lowest BCUT2D eigenvalue weighted by Gasteiger charge is -2.36. The second-order valence-electron chi connectivity index (χ2n) is 4.67. The number of amides is 1. The molecule has 0 aliphatic heterocycles. The SMILES string of the molecule is CC1(C(=O)NCc2ccc(C(=O)O)o2)CCC1. The van der Waals surface area contributed by atoms with Crippen molar-refractivity contribution in [2.45, 2.75) is 32.7 Å². The van der Waals surface area contributed by atoms with Crippen molar-refractivity contribution >= 4 is 11.9 Å². The Bertz CT molecular complexity index is 445. The molecule has 0 saturated heterocycles. The van der Waals surface area contributed by atoms with E-state index in [0.29, 0.717) is 5.76 Å². The number of carbonyl (C=O) groups is 2. The van der Waals surface area contributed by atoms with Gasteiger partial charge in [0.15, 0.2) is 0 Å². The van der Waals surface area contributed by atoms with Crippen LogP contribution in [0, 0.1) is 5.41 Å². The van der Waals surface area contributed by atoms with E-state index in [1.807, 2.05) is 6.92 Å². The predicted octanol–water partition coefficient (Wildman–Crippen LogP) is 1.78. The van der Waals surface area contributed by atoms with Gasteiger partial charge in [-0.3, -0.25) is 4.79 Å². The smallest absolute Gasteiger partial charge is 0.371 e. The molecule has 0 spiro atoms. The molecule has 1 aromatic rings. The average molecular weight is 237 g/mol. The highest BCUT2D eigenvalue weighted by molar-refractivity contribution is 5.84. The molecule has 1 aliphatic rings. The van der Waals surface area contributed by atoms with Crippen molar-refractivity contribution in [3.05, 3.63) is 23.7 Å². The minimum Gasteiger partial charge on any atom is -0.475 e. The van der Waals surface area contributed by atoms with Crippen molar-refractivity contribution < 1.29 is 19.1 Å². The fourth-order valence-corrected chi connectivity index (χ4v) is 1.90. The first-order chi connectivity index (χ1) is 8.01. The van der Waals surface area contributed by atoms with E-state index in [2.05, 4.69) is 5.32 Å². The molecule has 0 atom stereocenters. The normalized spacial score (nSPS) is 17.2. The number of aromatic carboxylic acids is 1. The molecular formula is C12H15NO4. The summed E-state index contributed by atoms with van der Waals surface area (Å²) >= 11 is 0. The lowest BCUT2D eigenvalue weighted by atomic mass is 9.70. The van der Waals surface area contributed by atoms with E-state index < -0.39 is 5.97 Å². The minimum atomic E-state index is -1.10. The van der Waals surface area contributed by atoms with E-state index in [0.717, 1.165) is 19.3 Å². The molecule has 2 N–H and O–H groups in total. The van der Waals surface area contributed by atoms with E-state index >= 15 is 0 Å². The van der Waals surface area contributed by atoms with Crippen LogP contribution in [0.1, 0.15) is 42.5 Å². The zero-order chi connectivity index (χ0) is 12.5. The minimum absolute atomic E-state index is 0.0111. The summed E-state index contributed by atoms with van der Waals surface area (Å²) in [4.78, 5) is 22.4. The van der Waals surface area contributed by atoms with Gasteiger partial charge in [-0.15, -0.1) is 0 Å². The summed E-state index contributed by atoms with van der Waals surface area (Å²) < 4.78 is 5.05. The van der Waals surface area contributed by atoms with Crippen LogP contribution in [0.3, 0.4) is 0 Å². The zero-order valence-corrected chi connectivity index (χ0v) is 9.66. The van der Waals surface area contributed by atoms with Gasteiger partial charge in [-0.2, -0.15) is 0 Å². The van der Waals surface area contributed by atoms with Gasteiger partial charge in [-0.25, -0.2) is 4.79 Å². The molecule has 0 radical (unpaired) electrons. The van der Waals surface area contributed by atoms with Crippen LogP contribution < -0.4 is 5.32 Å². The van der Waals surface area contributed by atoms with Crippen LogP contribution in [0.15, 0.2) is 16.5 Å². The Morgan fingerprint density at radius 2 is 2.18 bits per heavy atom. The maximum absolute atomic E-state index is 11.8. The second kappa shape index (κ2) is 4.24. The van der Waals surface area contributed by atoms with E-state index in [1.165, 1.54) is 6.07 Å². The highest BCUT2D eigenvalue weighted by atomic mass is 16.4. The Morgan fingerprint density at radius 3 is 2.65 bits per heavy atom. The Labute approximate surface area is 98.8 Å². The highest BCUT2D eigenvalue weighted by Crippen LogP contribution is 2.40. The molecule has 17 heavy (non-hydrogen) atoms. The molecule has 0 bridgehead atoms. The van der Waals surface area contributed by atoms with E-state index in [9.17, 15) is 9.59 Å². The van der Waals surface area contributed by atoms with Crippen LogP contribution in [0.4, 0.5) is 0 Å². The van der Waals surface area contributed by atoms with Gasteiger partial charge in [0.05, 0.1) is 6.54 Å². The fraction of sp³-hybridized carbons (Fsp3) is 0.500. The van der Waals surface area contributed by atoms with Crippen molar-refractivity contribution in [3.63, 3.8) is 0 Å². The van der Waals surface area contributed by atoms with Crippen molar-refractivity contribution in [1.29, 1.82) is 0 Å². The Balaban J connectivity index is 1.89. The zero-order valence-electron chi connectivity index (χ0n) is 9.66. The van der Waals surface area contributed by atoms with Gasteiger partial charge in [0, 0.05) is 5.41 Å². The summed E-state index contributed by atoms with van der Waals surface area (Å²) in [5.41, 5.74) is -0.248. The molecule has 1 fully saturated rings. The van der Waals surface area contributed by atoms with Crippen LogP contribution in [-0.4, -0.2) is 17.0 Å². The quantitative estimate of drug-likeness (QED) is 0.836. The molecule has 2 rings (SSSR count). The number of carbonyl (C=O) groups excluding carboxylic acids is 1. The average Bonchev–Trinajstić information content (AvgIpc) is 2.71. The molecule has 1 amide bonds. The monoisotopic (exact) mass is 237 g/mol. The van der Waals surface area contributed by atoms with Gasteiger partial charge < -0.3 is 14.8 Å². The Morgan fingerprint density at radius 1 is 1.47 bits per heavy atom. The third kappa shape index (κ3) is 2.33. The molecular weight excluding hydrogens is 222 g/mol. The van der Waals surface area contributed by atoms with Crippen molar-refractivity contribution in [2.24, 2.45) is 5.41 Å². The van der Waals surface area contributed by atoms with Gasteiger partial charge in [0.25, 0.3) is 0 Å². The second-order valence-corrected chi connectivity index (χ2v) is 4.67. The molecule has 1 saturated carbocycles. The number of furan rings is 1. The summed E-state index contributed by atoms with van der Waals surface area (Å²) in [6, 6.07) is 2.95. The molecule has 5 heteroatoms. The van der Waals surface area contributed by atoms with Gasteiger partial charge in [-0.05, 0) is 25.0 Å². The fourth-order valence-electron chi connectivity index (χ4n) is 1.90. The van der Waals surface area contributed by atoms with Crippen molar-refractivity contribution in [3.8, 4) is 0 Å². The molecule has 92 valence electrons. The van der Waals surface area contributed by atoms with Crippen LogP contribution in [0.25, 0.3) is 0 Å². The number of nitrogens with one attached hydrogen (secondary N) is 1. The molecule has 1 heterocycles. The molecule has 1 aromatic heterocycles. The summed E-state index contributed by atoms with van der Waals surface area (Å²) in [7, 11) is 0. The number of rotatable bonds is 4. The number of carboxylic acid groups (broad SMARTS) is 1. The van der Waals surface area contributed by atoms with Gasteiger partial charge in [0.2, 0.25) is 11.7 Å². The van der Waals surface area contributed by atoms with Crippen molar-refractivity contribution in [2.75, 3.05) is 0 Å². The Kier molecular flexibility index (Phi) is 2.92. The van der Waals surface area contributed by atoms with Gasteiger partial charge >= 0.3 is 5.97 Å². The van der Waals surface area contributed by atoms with Crippen LogP contribution in [-0.2, 0) is 11.3 Å². The molecule has 1 aliphatic carbocycles. The third-order valence-corrected chi connectivity index (χ3v) is 3.30. The first-order valence-electron chi connectivity index (χ1n) is 5.62. The van der Waals surface area contributed by atoms with Gasteiger partial charge in [0.1, 0.15) is 5.76 Å². The third-order valence-electron chi connectivity index (χ3n) is 3.30.